The number of hydrogen-bond acceptors (Lipinski definition) is 2. The van der Waals surface area contributed by atoms with Gasteiger partial charge in [0.15, 0.2) is 0 Å². The average molecular weight is 254 g/mol. The highest BCUT2D eigenvalue weighted by Gasteiger charge is 2.14. The number of hydrazine groups is 1. The zero-order valence-electron chi connectivity index (χ0n) is 11.6. The first-order valence-corrected chi connectivity index (χ1v) is 7.33. The Morgan fingerprint density at radius 3 is 2.53 bits per heavy atom. The lowest BCUT2D eigenvalue weighted by atomic mass is 10.00. The smallest absolute Gasteiger partial charge is 0.0442 e. The lowest BCUT2D eigenvalue weighted by Gasteiger charge is -2.30. The summed E-state index contributed by atoms with van der Waals surface area (Å²) in [5.74, 6) is 0. The molecule has 1 unspecified atom stereocenters. The summed E-state index contributed by atoms with van der Waals surface area (Å²) in [6.07, 6.45) is 4.01. The van der Waals surface area contributed by atoms with Crippen LogP contribution in [0.5, 0.6) is 0 Å². The van der Waals surface area contributed by atoms with Gasteiger partial charge in [-0.15, -0.1) is 0 Å². The van der Waals surface area contributed by atoms with E-state index in [0.29, 0.717) is 6.04 Å². The molecule has 0 radical (unpaired) electrons. The molecule has 1 saturated heterocycles. The van der Waals surface area contributed by atoms with Gasteiger partial charge < -0.3 is 0 Å². The molecule has 2 aromatic carbocycles. The molecule has 19 heavy (non-hydrogen) atoms. The van der Waals surface area contributed by atoms with Crippen molar-refractivity contribution in [3.05, 3.63) is 48.0 Å². The third kappa shape index (κ3) is 2.80. The fourth-order valence-electron chi connectivity index (χ4n) is 2.99. The van der Waals surface area contributed by atoms with Gasteiger partial charge in [-0.05, 0) is 36.1 Å². The van der Waals surface area contributed by atoms with Gasteiger partial charge in [0.1, 0.15) is 0 Å². The van der Waals surface area contributed by atoms with E-state index >= 15 is 0 Å². The van der Waals surface area contributed by atoms with E-state index in [2.05, 4.69) is 59.8 Å². The van der Waals surface area contributed by atoms with Gasteiger partial charge in [-0.25, -0.2) is 10.4 Å². The molecular weight excluding hydrogens is 232 g/mol. The van der Waals surface area contributed by atoms with Crippen LogP contribution in [0.1, 0.15) is 37.8 Å². The van der Waals surface area contributed by atoms with Gasteiger partial charge in [0, 0.05) is 19.1 Å². The van der Waals surface area contributed by atoms with Crippen molar-refractivity contribution < 1.29 is 0 Å². The fraction of sp³-hybridized carbons (Fsp3) is 0.412. The molecule has 1 heterocycles. The minimum Gasteiger partial charge on any atom is -0.248 e. The Labute approximate surface area is 115 Å². The number of nitrogens with zero attached hydrogens (tertiary/aromatic N) is 1. The van der Waals surface area contributed by atoms with Crippen LogP contribution in [-0.4, -0.2) is 18.1 Å². The molecule has 2 nitrogen and oxygen atoms in total. The second kappa shape index (κ2) is 5.72. The molecule has 3 rings (SSSR count). The van der Waals surface area contributed by atoms with Crippen LogP contribution < -0.4 is 5.43 Å². The highest BCUT2D eigenvalue weighted by Crippen LogP contribution is 2.24. The average Bonchev–Trinajstić information content (AvgIpc) is 2.47. The summed E-state index contributed by atoms with van der Waals surface area (Å²) in [7, 11) is 0. The molecule has 2 heteroatoms. The highest BCUT2D eigenvalue weighted by atomic mass is 15.5. The largest absolute Gasteiger partial charge is 0.248 e. The molecule has 0 amide bonds. The van der Waals surface area contributed by atoms with Crippen LogP contribution in [0.15, 0.2) is 42.5 Å². The molecule has 0 aromatic heterocycles. The predicted molar refractivity (Wildman–Crippen MR) is 80.9 cm³/mol. The van der Waals surface area contributed by atoms with Gasteiger partial charge in [-0.3, -0.25) is 0 Å². The molecular formula is C17H22N2. The van der Waals surface area contributed by atoms with Gasteiger partial charge in [-0.1, -0.05) is 48.9 Å². The molecule has 100 valence electrons. The van der Waals surface area contributed by atoms with Crippen molar-refractivity contribution in [3.63, 3.8) is 0 Å². The van der Waals surface area contributed by atoms with Crippen molar-refractivity contribution in [2.45, 2.75) is 32.2 Å². The molecule has 1 fully saturated rings. The Morgan fingerprint density at radius 2 is 1.68 bits per heavy atom. The molecule has 1 atom stereocenters. The Bertz CT molecular complexity index is 538. The maximum atomic E-state index is 3.66. The second-order valence-electron chi connectivity index (χ2n) is 5.47. The summed E-state index contributed by atoms with van der Waals surface area (Å²) in [5.41, 5.74) is 5.05. The third-order valence-electron chi connectivity index (χ3n) is 4.02. The zero-order valence-corrected chi connectivity index (χ0v) is 11.6. The van der Waals surface area contributed by atoms with Crippen molar-refractivity contribution >= 4 is 10.8 Å². The van der Waals surface area contributed by atoms with E-state index in [9.17, 15) is 0 Å². The van der Waals surface area contributed by atoms with Crippen molar-refractivity contribution in [2.24, 2.45) is 0 Å². The van der Waals surface area contributed by atoms with Crippen molar-refractivity contribution in [2.75, 3.05) is 13.1 Å². The number of nitrogens with one attached hydrogen (secondary N) is 1. The van der Waals surface area contributed by atoms with Crippen LogP contribution in [0.2, 0.25) is 0 Å². The molecule has 1 N–H and O–H groups in total. The van der Waals surface area contributed by atoms with E-state index in [-0.39, 0.29) is 0 Å². The lowest BCUT2D eigenvalue weighted by Crippen LogP contribution is -2.42. The molecule has 0 spiro atoms. The van der Waals surface area contributed by atoms with Gasteiger partial charge in [-0.2, -0.15) is 0 Å². The third-order valence-corrected chi connectivity index (χ3v) is 4.02. The topological polar surface area (TPSA) is 15.3 Å². The van der Waals surface area contributed by atoms with E-state index < -0.39 is 0 Å². The van der Waals surface area contributed by atoms with Crippen molar-refractivity contribution in [3.8, 4) is 0 Å². The van der Waals surface area contributed by atoms with Crippen molar-refractivity contribution in [1.29, 1.82) is 0 Å². The van der Waals surface area contributed by atoms with Crippen molar-refractivity contribution in [1.82, 2.24) is 10.4 Å². The summed E-state index contributed by atoms with van der Waals surface area (Å²) in [6.45, 7) is 4.61. The lowest BCUT2D eigenvalue weighted by molar-refractivity contribution is 0.133. The van der Waals surface area contributed by atoms with Crippen LogP contribution in [0, 0.1) is 0 Å². The normalized spacial score (nSPS) is 18.6. The molecule has 0 bridgehead atoms. The Morgan fingerprint density at radius 1 is 0.947 bits per heavy atom. The standard InChI is InChI=1S/C17H22N2/c1-14(18-19-12-5-2-6-13-19)16-11-7-9-15-8-3-4-10-17(15)16/h3-4,7-11,14,18H,2,5-6,12-13H2,1H3. The van der Waals surface area contributed by atoms with Gasteiger partial charge in [0.25, 0.3) is 0 Å². The summed E-state index contributed by atoms with van der Waals surface area (Å²) < 4.78 is 0. The predicted octanol–water partition coefficient (Wildman–Crippen LogP) is 3.89. The van der Waals surface area contributed by atoms with E-state index in [0.717, 1.165) is 0 Å². The van der Waals surface area contributed by atoms with Crippen LogP contribution >= 0.6 is 0 Å². The van der Waals surface area contributed by atoms with E-state index in [1.165, 1.54) is 48.7 Å². The Balaban J connectivity index is 1.82. The van der Waals surface area contributed by atoms with Gasteiger partial charge in [0.05, 0.1) is 0 Å². The zero-order chi connectivity index (χ0) is 13.1. The van der Waals surface area contributed by atoms with Gasteiger partial charge >= 0.3 is 0 Å². The summed E-state index contributed by atoms with van der Waals surface area (Å²) in [6, 6.07) is 15.6. The molecule has 0 aliphatic carbocycles. The number of benzene rings is 2. The fourth-order valence-corrected chi connectivity index (χ4v) is 2.99. The highest BCUT2D eigenvalue weighted by molar-refractivity contribution is 5.86. The monoisotopic (exact) mass is 254 g/mol. The second-order valence-corrected chi connectivity index (χ2v) is 5.47. The van der Waals surface area contributed by atoms with E-state index in [4.69, 9.17) is 0 Å². The maximum Gasteiger partial charge on any atom is 0.0442 e. The number of rotatable bonds is 3. The van der Waals surface area contributed by atoms with Gasteiger partial charge in [0.2, 0.25) is 0 Å². The molecule has 0 saturated carbocycles. The summed E-state index contributed by atoms with van der Waals surface area (Å²) in [5, 5.41) is 5.07. The number of hydrogen-bond donors (Lipinski definition) is 1. The Kier molecular flexibility index (Phi) is 3.81. The minimum atomic E-state index is 0.365. The number of fused-ring (bicyclic) bond motifs is 1. The Hall–Kier alpha value is -1.38. The quantitative estimate of drug-likeness (QED) is 0.894. The minimum absolute atomic E-state index is 0.365. The molecule has 1 aliphatic heterocycles. The number of piperidine rings is 1. The van der Waals surface area contributed by atoms with E-state index in [1.807, 2.05) is 0 Å². The maximum absolute atomic E-state index is 3.66. The van der Waals surface area contributed by atoms with Crippen LogP contribution in [0.4, 0.5) is 0 Å². The van der Waals surface area contributed by atoms with E-state index in [1.54, 1.807) is 0 Å². The van der Waals surface area contributed by atoms with Crippen LogP contribution in [0.3, 0.4) is 0 Å². The first kappa shape index (κ1) is 12.6. The summed E-state index contributed by atoms with van der Waals surface area (Å²) >= 11 is 0. The van der Waals surface area contributed by atoms with Crippen LogP contribution in [0.25, 0.3) is 10.8 Å². The SMILES string of the molecule is CC(NN1CCCCC1)c1cccc2ccccc12. The summed E-state index contributed by atoms with van der Waals surface area (Å²) in [4.78, 5) is 0. The molecule has 2 aromatic rings. The molecule has 1 aliphatic rings. The van der Waals surface area contributed by atoms with Crippen LogP contribution in [-0.2, 0) is 0 Å². The first-order chi connectivity index (χ1) is 9.34. The first-order valence-electron chi connectivity index (χ1n) is 7.33.